The van der Waals surface area contributed by atoms with Crippen molar-refractivity contribution in [1.29, 1.82) is 0 Å². The van der Waals surface area contributed by atoms with E-state index in [9.17, 15) is 4.79 Å². The SMILES string of the molecule is CCCN(C(=O)C1CCCN(c2ncnc3sccc23)C1)C1CCNCC1.Cl. The van der Waals surface area contributed by atoms with E-state index in [1.165, 1.54) is 0 Å². The Bertz CT molecular complexity index is 779. The molecule has 2 aromatic rings. The number of hydrogen-bond donors (Lipinski definition) is 1. The standard InChI is InChI=1S/C20H29N5OS.ClH/c1-2-10-25(16-5-8-21-9-6-16)20(26)15-4-3-11-24(13-15)18-17-7-12-27-19(17)23-14-22-18;/h7,12,14-16,21H,2-6,8-11,13H2,1H3;1H. The molecule has 0 aliphatic carbocycles. The summed E-state index contributed by atoms with van der Waals surface area (Å²) in [4.78, 5) is 27.9. The van der Waals surface area contributed by atoms with Crippen LogP contribution in [-0.4, -0.2) is 59.5 Å². The quantitative estimate of drug-likeness (QED) is 0.799. The second-order valence-electron chi connectivity index (χ2n) is 7.63. The summed E-state index contributed by atoms with van der Waals surface area (Å²) >= 11 is 1.64. The Kier molecular flexibility index (Phi) is 7.48. The number of aromatic nitrogens is 2. The summed E-state index contributed by atoms with van der Waals surface area (Å²) in [6.07, 6.45) is 6.84. The van der Waals surface area contributed by atoms with Crippen molar-refractivity contribution in [3.8, 4) is 0 Å². The highest BCUT2D eigenvalue weighted by Gasteiger charge is 2.33. The summed E-state index contributed by atoms with van der Waals surface area (Å²) in [6, 6.07) is 2.50. The van der Waals surface area contributed by atoms with Crippen molar-refractivity contribution in [2.45, 2.75) is 45.1 Å². The van der Waals surface area contributed by atoms with Gasteiger partial charge in [0.05, 0.1) is 11.3 Å². The fourth-order valence-electron chi connectivity index (χ4n) is 4.47. The van der Waals surface area contributed by atoms with Crippen molar-refractivity contribution in [2.75, 3.05) is 37.6 Å². The molecule has 0 bridgehead atoms. The first-order valence-corrected chi connectivity index (χ1v) is 11.1. The summed E-state index contributed by atoms with van der Waals surface area (Å²) in [5.74, 6) is 1.41. The molecule has 4 heterocycles. The topological polar surface area (TPSA) is 61.4 Å². The minimum atomic E-state index is 0. The van der Waals surface area contributed by atoms with Crippen LogP contribution in [-0.2, 0) is 4.79 Å². The molecule has 28 heavy (non-hydrogen) atoms. The van der Waals surface area contributed by atoms with Gasteiger partial charge in [-0.25, -0.2) is 9.97 Å². The first-order chi connectivity index (χ1) is 13.3. The second-order valence-corrected chi connectivity index (χ2v) is 8.53. The molecule has 2 aliphatic heterocycles. The van der Waals surface area contributed by atoms with Crippen molar-refractivity contribution in [3.63, 3.8) is 0 Å². The van der Waals surface area contributed by atoms with Gasteiger partial charge >= 0.3 is 0 Å². The smallest absolute Gasteiger partial charge is 0.227 e. The molecule has 4 rings (SSSR count). The van der Waals surface area contributed by atoms with Crippen molar-refractivity contribution >= 4 is 45.7 Å². The highest BCUT2D eigenvalue weighted by Crippen LogP contribution is 2.31. The van der Waals surface area contributed by atoms with Gasteiger partial charge < -0.3 is 15.1 Å². The Morgan fingerprint density at radius 2 is 2.14 bits per heavy atom. The maximum atomic E-state index is 13.4. The van der Waals surface area contributed by atoms with E-state index in [0.717, 1.165) is 80.9 Å². The molecule has 154 valence electrons. The summed E-state index contributed by atoms with van der Waals surface area (Å²) in [5.41, 5.74) is 0. The Morgan fingerprint density at radius 1 is 1.32 bits per heavy atom. The van der Waals surface area contributed by atoms with Crippen LogP contribution < -0.4 is 10.2 Å². The number of carbonyl (C=O) groups is 1. The molecular formula is C20H30ClN5OS. The van der Waals surface area contributed by atoms with E-state index in [2.05, 4.69) is 43.5 Å². The molecule has 6 nitrogen and oxygen atoms in total. The molecule has 2 fully saturated rings. The summed E-state index contributed by atoms with van der Waals surface area (Å²) in [5, 5.41) is 6.59. The van der Waals surface area contributed by atoms with E-state index < -0.39 is 0 Å². The van der Waals surface area contributed by atoms with E-state index in [1.807, 2.05) is 0 Å². The number of hydrogen-bond acceptors (Lipinski definition) is 6. The van der Waals surface area contributed by atoms with Crippen LogP contribution in [0.1, 0.15) is 39.0 Å². The highest BCUT2D eigenvalue weighted by molar-refractivity contribution is 7.16. The fraction of sp³-hybridized carbons (Fsp3) is 0.650. The lowest BCUT2D eigenvalue weighted by Crippen LogP contribution is -2.51. The van der Waals surface area contributed by atoms with Gasteiger partial charge in [0.2, 0.25) is 5.91 Å². The normalized spacial score (nSPS) is 20.8. The van der Waals surface area contributed by atoms with Gasteiger partial charge in [-0.2, -0.15) is 0 Å². The van der Waals surface area contributed by atoms with Gasteiger partial charge in [-0.15, -0.1) is 23.7 Å². The lowest BCUT2D eigenvalue weighted by Gasteiger charge is -2.40. The predicted molar refractivity (Wildman–Crippen MR) is 117 cm³/mol. The Labute approximate surface area is 177 Å². The van der Waals surface area contributed by atoms with E-state index in [0.29, 0.717) is 11.9 Å². The van der Waals surface area contributed by atoms with Crippen LogP contribution in [0.4, 0.5) is 5.82 Å². The largest absolute Gasteiger partial charge is 0.355 e. The number of thiophene rings is 1. The zero-order valence-electron chi connectivity index (χ0n) is 16.5. The fourth-order valence-corrected chi connectivity index (χ4v) is 5.19. The molecule has 0 radical (unpaired) electrons. The first kappa shape index (κ1) is 21.3. The van der Waals surface area contributed by atoms with Gasteiger partial charge in [-0.3, -0.25) is 4.79 Å². The predicted octanol–water partition coefficient (Wildman–Crippen LogP) is 3.32. The number of nitrogens with one attached hydrogen (secondary N) is 1. The molecule has 0 spiro atoms. The number of piperidine rings is 2. The van der Waals surface area contributed by atoms with Crippen LogP contribution in [0.5, 0.6) is 0 Å². The molecular weight excluding hydrogens is 394 g/mol. The Morgan fingerprint density at radius 3 is 2.93 bits per heavy atom. The molecule has 1 unspecified atom stereocenters. The number of nitrogens with zero attached hydrogens (tertiary/aromatic N) is 4. The second kappa shape index (κ2) is 9.85. The number of amides is 1. The van der Waals surface area contributed by atoms with Crippen LogP contribution in [0.2, 0.25) is 0 Å². The van der Waals surface area contributed by atoms with Crippen molar-refractivity contribution in [3.05, 3.63) is 17.8 Å². The molecule has 1 amide bonds. The first-order valence-electron chi connectivity index (χ1n) is 10.2. The van der Waals surface area contributed by atoms with E-state index in [-0.39, 0.29) is 18.3 Å². The Balaban J connectivity index is 0.00000225. The molecule has 1 atom stereocenters. The van der Waals surface area contributed by atoms with Gasteiger partial charge in [0, 0.05) is 25.7 Å². The molecule has 0 aromatic carbocycles. The third-order valence-electron chi connectivity index (χ3n) is 5.81. The lowest BCUT2D eigenvalue weighted by atomic mass is 9.94. The molecule has 2 saturated heterocycles. The van der Waals surface area contributed by atoms with Crippen LogP contribution in [0, 0.1) is 5.92 Å². The monoisotopic (exact) mass is 423 g/mol. The molecule has 1 N–H and O–H groups in total. The van der Waals surface area contributed by atoms with Gasteiger partial charge in [0.15, 0.2) is 0 Å². The maximum Gasteiger partial charge on any atom is 0.227 e. The molecule has 2 aromatic heterocycles. The average Bonchev–Trinajstić information content (AvgIpc) is 3.21. The lowest BCUT2D eigenvalue weighted by molar-refractivity contribution is -0.138. The van der Waals surface area contributed by atoms with Gasteiger partial charge in [-0.1, -0.05) is 6.92 Å². The van der Waals surface area contributed by atoms with Gasteiger partial charge in [0.25, 0.3) is 0 Å². The zero-order chi connectivity index (χ0) is 18.6. The number of anilines is 1. The van der Waals surface area contributed by atoms with Gasteiger partial charge in [0.1, 0.15) is 17.0 Å². The van der Waals surface area contributed by atoms with E-state index in [1.54, 1.807) is 17.7 Å². The molecule has 2 aliphatic rings. The third-order valence-corrected chi connectivity index (χ3v) is 6.63. The van der Waals surface area contributed by atoms with Crippen molar-refractivity contribution < 1.29 is 4.79 Å². The summed E-state index contributed by atoms with van der Waals surface area (Å²) in [7, 11) is 0. The molecule has 0 saturated carbocycles. The number of rotatable bonds is 5. The highest BCUT2D eigenvalue weighted by atomic mass is 35.5. The minimum absolute atomic E-state index is 0. The number of carbonyl (C=O) groups excluding carboxylic acids is 1. The van der Waals surface area contributed by atoms with Crippen LogP contribution in [0.3, 0.4) is 0 Å². The molecule has 8 heteroatoms. The maximum absolute atomic E-state index is 13.4. The van der Waals surface area contributed by atoms with Crippen molar-refractivity contribution in [1.82, 2.24) is 20.2 Å². The van der Waals surface area contributed by atoms with E-state index >= 15 is 0 Å². The minimum Gasteiger partial charge on any atom is -0.355 e. The number of fused-ring (bicyclic) bond motifs is 1. The summed E-state index contributed by atoms with van der Waals surface area (Å²) < 4.78 is 0. The zero-order valence-corrected chi connectivity index (χ0v) is 18.1. The van der Waals surface area contributed by atoms with Crippen LogP contribution >= 0.6 is 23.7 Å². The summed E-state index contributed by atoms with van der Waals surface area (Å²) in [6.45, 7) is 6.82. The van der Waals surface area contributed by atoms with Gasteiger partial charge in [-0.05, 0) is 56.6 Å². The van der Waals surface area contributed by atoms with Crippen molar-refractivity contribution in [2.24, 2.45) is 5.92 Å². The third kappa shape index (κ3) is 4.42. The van der Waals surface area contributed by atoms with Crippen LogP contribution in [0.15, 0.2) is 17.8 Å². The average molecular weight is 424 g/mol. The Hall–Kier alpha value is -1.44. The van der Waals surface area contributed by atoms with Crippen LogP contribution in [0.25, 0.3) is 10.2 Å². The number of halogens is 1. The van der Waals surface area contributed by atoms with E-state index in [4.69, 9.17) is 0 Å².